The highest BCUT2D eigenvalue weighted by molar-refractivity contribution is 6.59. The van der Waals surface area contributed by atoms with Gasteiger partial charge in [-0.15, -0.1) is 0 Å². The molecule has 0 fully saturated rings. The molecular weight excluding hydrogens is 171 g/mol. The fourth-order valence-corrected chi connectivity index (χ4v) is 0.981. The Bertz CT molecular complexity index is 264. The summed E-state index contributed by atoms with van der Waals surface area (Å²) in [5.41, 5.74) is 0.302. The van der Waals surface area contributed by atoms with Gasteiger partial charge in [0, 0.05) is 5.46 Å². The van der Waals surface area contributed by atoms with Crippen LogP contribution in [0.1, 0.15) is 0 Å². The van der Waals surface area contributed by atoms with Crippen LogP contribution in [0.25, 0.3) is 0 Å². The molecule has 70 valence electrons. The van der Waals surface area contributed by atoms with Gasteiger partial charge in [-0.1, -0.05) is 18.2 Å². The van der Waals surface area contributed by atoms with Crippen molar-refractivity contribution in [3.63, 3.8) is 0 Å². The third-order valence-electron chi connectivity index (χ3n) is 1.55. The van der Waals surface area contributed by atoms with Crippen molar-refractivity contribution in [1.82, 2.24) is 0 Å². The predicted octanol–water partition coefficient (Wildman–Crippen LogP) is -1.26. The maximum Gasteiger partial charge on any atom is 0.492 e. The molecule has 5 heteroatoms. The zero-order chi connectivity index (χ0) is 9.68. The minimum Gasteiger partial charge on any atom is -0.492 e. The van der Waals surface area contributed by atoms with Crippen LogP contribution in [0.4, 0.5) is 0 Å². The third kappa shape index (κ3) is 2.73. The molecule has 0 atom stereocenters. The zero-order valence-corrected chi connectivity index (χ0v) is 7.05. The molecule has 3 N–H and O–H groups in total. The molecule has 0 unspecified atom stereocenters. The molecule has 0 aliphatic rings. The van der Waals surface area contributed by atoms with Crippen LogP contribution >= 0.6 is 0 Å². The smallest absolute Gasteiger partial charge is 0.492 e. The highest BCUT2D eigenvalue weighted by Crippen LogP contribution is 2.06. The van der Waals surface area contributed by atoms with Crippen molar-refractivity contribution in [2.45, 2.75) is 0 Å². The maximum absolute atomic E-state index is 8.92. The van der Waals surface area contributed by atoms with Crippen molar-refractivity contribution in [2.24, 2.45) is 0 Å². The first-order chi connectivity index (χ1) is 6.25. The van der Waals surface area contributed by atoms with Gasteiger partial charge in [0.05, 0.1) is 6.61 Å². The van der Waals surface area contributed by atoms with Gasteiger partial charge < -0.3 is 19.9 Å². The summed E-state index contributed by atoms with van der Waals surface area (Å²) in [6.07, 6.45) is 0. The molecule has 0 saturated heterocycles. The average molecular weight is 182 g/mol. The fourth-order valence-electron chi connectivity index (χ4n) is 0.981. The van der Waals surface area contributed by atoms with E-state index in [1.54, 1.807) is 24.3 Å². The minimum absolute atomic E-state index is 0.101. The summed E-state index contributed by atoms with van der Waals surface area (Å²) in [5.74, 6) is 0.381. The number of benzene rings is 1. The SMILES string of the molecule is OCCOc1ccccc1B(O)O. The van der Waals surface area contributed by atoms with E-state index in [0.29, 0.717) is 11.2 Å². The Morgan fingerprint density at radius 3 is 2.54 bits per heavy atom. The molecule has 1 aromatic carbocycles. The number of rotatable bonds is 4. The summed E-state index contributed by atoms with van der Waals surface area (Å²) in [6, 6.07) is 6.57. The van der Waals surface area contributed by atoms with Crippen LogP contribution in [0.5, 0.6) is 5.75 Å². The number of ether oxygens (including phenoxy) is 1. The van der Waals surface area contributed by atoms with E-state index in [2.05, 4.69) is 0 Å². The second-order valence-electron chi connectivity index (χ2n) is 2.48. The van der Waals surface area contributed by atoms with E-state index in [9.17, 15) is 0 Å². The fraction of sp³-hybridized carbons (Fsp3) is 0.250. The summed E-state index contributed by atoms with van der Waals surface area (Å²) < 4.78 is 5.08. The van der Waals surface area contributed by atoms with Crippen LogP contribution in [0, 0.1) is 0 Å². The van der Waals surface area contributed by atoms with E-state index in [4.69, 9.17) is 19.9 Å². The molecule has 0 aliphatic heterocycles. The van der Waals surface area contributed by atoms with E-state index in [1.165, 1.54) is 0 Å². The van der Waals surface area contributed by atoms with Gasteiger partial charge in [-0.3, -0.25) is 0 Å². The quantitative estimate of drug-likeness (QED) is 0.508. The Hall–Kier alpha value is -1.04. The van der Waals surface area contributed by atoms with Crippen LogP contribution < -0.4 is 10.2 Å². The van der Waals surface area contributed by atoms with Gasteiger partial charge in [0.15, 0.2) is 0 Å². The lowest BCUT2D eigenvalue weighted by Gasteiger charge is -2.08. The van der Waals surface area contributed by atoms with E-state index in [0.717, 1.165) is 0 Å². The summed E-state index contributed by atoms with van der Waals surface area (Å²) in [5, 5.41) is 26.3. The lowest BCUT2D eigenvalue weighted by molar-refractivity contribution is 0.202. The van der Waals surface area contributed by atoms with E-state index < -0.39 is 7.12 Å². The molecule has 13 heavy (non-hydrogen) atoms. The molecule has 0 saturated carbocycles. The van der Waals surface area contributed by atoms with Gasteiger partial charge in [0.25, 0.3) is 0 Å². The number of aliphatic hydroxyl groups is 1. The summed E-state index contributed by atoms with van der Waals surface area (Å²) in [7, 11) is -1.55. The summed E-state index contributed by atoms with van der Waals surface area (Å²) >= 11 is 0. The van der Waals surface area contributed by atoms with Crippen molar-refractivity contribution in [3.05, 3.63) is 24.3 Å². The average Bonchev–Trinajstić information content (AvgIpc) is 2.15. The Morgan fingerprint density at radius 2 is 1.92 bits per heavy atom. The monoisotopic (exact) mass is 182 g/mol. The lowest BCUT2D eigenvalue weighted by Crippen LogP contribution is -2.31. The van der Waals surface area contributed by atoms with Crippen LogP contribution in [-0.4, -0.2) is 35.5 Å². The standard InChI is InChI=1S/C8H11BO4/c10-5-6-13-8-4-2-1-3-7(8)9(11)12/h1-4,10-12H,5-6H2. The molecule has 0 aromatic heterocycles. The number of aliphatic hydroxyl groups excluding tert-OH is 1. The Kier molecular flexibility index (Phi) is 3.76. The molecule has 0 bridgehead atoms. The minimum atomic E-state index is -1.55. The van der Waals surface area contributed by atoms with Crippen LogP contribution in [-0.2, 0) is 0 Å². The number of hydrogen-bond acceptors (Lipinski definition) is 4. The van der Waals surface area contributed by atoms with Gasteiger partial charge in [0.1, 0.15) is 12.4 Å². The Morgan fingerprint density at radius 1 is 1.23 bits per heavy atom. The van der Waals surface area contributed by atoms with Gasteiger partial charge in [-0.2, -0.15) is 0 Å². The zero-order valence-electron chi connectivity index (χ0n) is 7.05. The van der Waals surface area contributed by atoms with Gasteiger partial charge in [-0.25, -0.2) is 0 Å². The van der Waals surface area contributed by atoms with Crippen molar-refractivity contribution in [1.29, 1.82) is 0 Å². The first-order valence-corrected chi connectivity index (χ1v) is 3.94. The highest BCUT2D eigenvalue weighted by atomic mass is 16.5. The Labute approximate surface area is 76.6 Å². The van der Waals surface area contributed by atoms with Crippen molar-refractivity contribution >= 4 is 12.6 Å². The second kappa shape index (κ2) is 4.86. The molecule has 0 aliphatic carbocycles. The molecule has 0 spiro atoms. The molecule has 0 amide bonds. The molecular formula is C8H11BO4. The predicted molar refractivity (Wildman–Crippen MR) is 48.8 cm³/mol. The van der Waals surface area contributed by atoms with E-state index >= 15 is 0 Å². The summed E-state index contributed by atoms with van der Waals surface area (Å²) in [6.45, 7) is 0.0413. The largest absolute Gasteiger partial charge is 0.492 e. The van der Waals surface area contributed by atoms with Gasteiger partial charge in [-0.05, 0) is 6.07 Å². The maximum atomic E-state index is 8.92. The first-order valence-electron chi connectivity index (χ1n) is 3.94. The van der Waals surface area contributed by atoms with E-state index in [1.807, 2.05) is 0 Å². The molecule has 0 radical (unpaired) electrons. The molecule has 4 nitrogen and oxygen atoms in total. The normalized spacial score (nSPS) is 9.77. The van der Waals surface area contributed by atoms with Crippen LogP contribution in [0.3, 0.4) is 0 Å². The van der Waals surface area contributed by atoms with Gasteiger partial charge in [0.2, 0.25) is 0 Å². The van der Waals surface area contributed by atoms with Crippen molar-refractivity contribution in [3.8, 4) is 5.75 Å². The van der Waals surface area contributed by atoms with Crippen molar-refractivity contribution < 1.29 is 19.9 Å². The third-order valence-corrected chi connectivity index (χ3v) is 1.55. The summed E-state index contributed by atoms with van der Waals surface area (Å²) in [4.78, 5) is 0. The molecule has 1 rings (SSSR count). The molecule has 0 heterocycles. The highest BCUT2D eigenvalue weighted by Gasteiger charge is 2.15. The first kappa shape index (κ1) is 10.0. The van der Waals surface area contributed by atoms with Crippen molar-refractivity contribution in [2.75, 3.05) is 13.2 Å². The van der Waals surface area contributed by atoms with Crippen LogP contribution in [0.2, 0.25) is 0 Å². The number of para-hydroxylation sites is 1. The lowest BCUT2D eigenvalue weighted by atomic mass is 9.79. The Balaban J connectivity index is 2.78. The van der Waals surface area contributed by atoms with Gasteiger partial charge >= 0.3 is 7.12 Å². The topological polar surface area (TPSA) is 69.9 Å². The number of hydrogen-bond donors (Lipinski definition) is 3. The molecule has 1 aromatic rings. The van der Waals surface area contributed by atoms with E-state index in [-0.39, 0.29) is 13.2 Å². The van der Waals surface area contributed by atoms with Crippen LogP contribution in [0.15, 0.2) is 24.3 Å². The second-order valence-corrected chi connectivity index (χ2v) is 2.48.